The summed E-state index contributed by atoms with van der Waals surface area (Å²) in [6, 6.07) is 0. The number of hydrogen-bond donors (Lipinski definition) is 1. The molecule has 0 atom stereocenters. The predicted octanol–water partition coefficient (Wildman–Crippen LogP) is 4.39. The summed E-state index contributed by atoms with van der Waals surface area (Å²) in [6.07, 6.45) is 27.6. The molecule has 0 aromatic carbocycles. The van der Waals surface area contributed by atoms with E-state index in [9.17, 15) is 4.79 Å². The van der Waals surface area contributed by atoms with Crippen LogP contribution >= 0.6 is 0 Å². The normalized spacial score (nSPS) is 13.2. The van der Waals surface area contributed by atoms with E-state index in [1.54, 1.807) is 12.2 Å². The Kier molecular flexibility index (Phi) is 13.4. The fourth-order valence-corrected chi connectivity index (χ4v) is 1.30. The van der Waals surface area contributed by atoms with E-state index in [-0.39, 0.29) is 0 Å². The molecule has 108 valence electrons. The van der Waals surface area contributed by atoms with Gasteiger partial charge in [0, 0.05) is 6.08 Å². The van der Waals surface area contributed by atoms with Crippen molar-refractivity contribution in [2.75, 3.05) is 0 Å². The average molecular weight is 271 g/mol. The Balaban J connectivity index is 3.67. The van der Waals surface area contributed by atoms with Crippen molar-refractivity contribution in [1.29, 1.82) is 0 Å². The first-order valence-electron chi connectivity index (χ1n) is 7.05. The van der Waals surface area contributed by atoms with Gasteiger partial charge in [-0.3, -0.25) is 4.79 Å². The maximum Gasteiger partial charge on any atom is 0.241 e. The molecule has 0 aromatic rings. The van der Waals surface area contributed by atoms with E-state index in [0.29, 0.717) is 0 Å². The summed E-state index contributed by atoms with van der Waals surface area (Å²) in [5.41, 5.74) is 4.95. The molecule has 0 heterocycles. The highest BCUT2D eigenvalue weighted by Gasteiger charge is 1.76. The summed E-state index contributed by atoms with van der Waals surface area (Å²) in [5, 5.41) is 0. The van der Waals surface area contributed by atoms with Crippen LogP contribution < -0.4 is 5.73 Å². The van der Waals surface area contributed by atoms with Crippen LogP contribution in [-0.2, 0) is 4.79 Å². The lowest BCUT2D eigenvalue weighted by Gasteiger charge is -1.86. The smallest absolute Gasteiger partial charge is 0.241 e. The zero-order chi connectivity index (χ0) is 14.9. The molecule has 0 aliphatic heterocycles. The number of allylic oxidation sites excluding steroid dienone is 11. The van der Waals surface area contributed by atoms with Crippen LogP contribution in [0.2, 0.25) is 0 Å². The maximum atomic E-state index is 10.4. The van der Waals surface area contributed by atoms with Crippen molar-refractivity contribution < 1.29 is 4.79 Å². The van der Waals surface area contributed by atoms with Gasteiger partial charge in [-0.25, -0.2) is 0 Å². The summed E-state index contributed by atoms with van der Waals surface area (Å²) < 4.78 is 0. The first-order chi connectivity index (χ1) is 9.77. The zero-order valence-corrected chi connectivity index (χ0v) is 12.2. The van der Waals surface area contributed by atoms with Gasteiger partial charge >= 0.3 is 0 Å². The summed E-state index contributed by atoms with van der Waals surface area (Å²) in [7, 11) is 0. The van der Waals surface area contributed by atoms with E-state index >= 15 is 0 Å². The topological polar surface area (TPSA) is 43.1 Å². The summed E-state index contributed by atoms with van der Waals surface area (Å²) in [5.74, 6) is -0.437. The van der Waals surface area contributed by atoms with Crippen molar-refractivity contribution in [3.05, 3.63) is 72.9 Å². The van der Waals surface area contributed by atoms with Gasteiger partial charge in [0.15, 0.2) is 0 Å². The molecule has 0 saturated carbocycles. The molecule has 2 heteroatoms. The molecule has 0 saturated heterocycles. The van der Waals surface area contributed by atoms with Crippen molar-refractivity contribution in [3.8, 4) is 0 Å². The maximum absolute atomic E-state index is 10.4. The number of carbonyl (C=O) groups is 1. The van der Waals surface area contributed by atoms with Gasteiger partial charge in [-0.05, 0) is 19.3 Å². The van der Waals surface area contributed by atoms with Crippen molar-refractivity contribution in [2.24, 2.45) is 5.73 Å². The van der Waals surface area contributed by atoms with E-state index in [4.69, 9.17) is 5.73 Å². The molecule has 0 aliphatic carbocycles. The van der Waals surface area contributed by atoms with Gasteiger partial charge in [0.2, 0.25) is 5.91 Å². The van der Waals surface area contributed by atoms with Crippen LogP contribution in [0.4, 0.5) is 0 Å². The Labute approximate surface area is 122 Å². The molecule has 0 aromatic heterocycles. The second-order valence-electron chi connectivity index (χ2n) is 4.18. The second kappa shape index (κ2) is 15.0. The molecule has 0 radical (unpaired) electrons. The molecule has 2 nitrogen and oxygen atoms in total. The Bertz CT molecular complexity index is 409. The monoisotopic (exact) mass is 271 g/mol. The van der Waals surface area contributed by atoms with Crippen LogP contribution in [0.5, 0.6) is 0 Å². The molecule has 1 amide bonds. The lowest BCUT2D eigenvalue weighted by molar-refractivity contribution is -0.113. The zero-order valence-electron chi connectivity index (χ0n) is 12.2. The number of primary amides is 1. The minimum atomic E-state index is -0.437. The average Bonchev–Trinajstić information content (AvgIpc) is 2.43. The van der Waals surface area contributed by atoms with E-state index in [1.807, 2.05) is 30.4 Å². The lowest BCUT2D eigenvalue weighted by Crippen LogP contribution is -2.04. The van der Waals surface area contributed by atoms with E-state index in [1.165, 1.54) is 18.9 Å². The van der Waals surface area contributed by atoms with Gasteiger partial charge in [-0.15, -0.1) is 0 Å². The third-order valence-corrected chi connectivity index (χ3v) is 2.30. The van der Waals surface area contributed by atoms with Crippen molar-refractivity contribution in [2.45, 2.75) is 32.6 Å². The first-order valence-corrected chi connectivity index (χ1v) is 7.05. The van der Waals surface area contributed by atoms with Crippen LogP contribution in [0, 0.1) is 0 Å². The van der Waals surface area contributed by atoms with Crippen LogP contribution in [0.1, 0.15) is 32.6 Å². The Morgan fingerprint density at radius 3 is 1.85 bits per heavy atom. The van der Waals surface area contributed by atoms with E-state index in [2.05, 4.69) is 31.2 Å². The third kappa shape index (κ3) is 15.9. The molecule has 0 rings (SSSR count). The second-order valence-corrected chi connectivity index (χ2v) is 4.18. The van der Waals surface area contributed by atoms with Gasteiger partial charge in [0.05, 0.1) is 0 Å². The molecule has 0 spiro atoms. The fourth-order valence-electron chi connectivity index (χ4n) is 1.30. The van der Waals surface area contributed by atoms with Crippen LogP contribution in [0.3, 0.4) is 0 Å². The van der Waals surface area contributed by atoms with E-state index < -0.39 is 5.91 Å². The highest BCUT2D eigenvalue weighted by atomic mass is 16.1. The Morgan fingerprint density at radius 2 is 1.25 bits per heavy atom. The van der Waals surface area contributed by atoms with Gasteiger partial charge in [0.25, 0.3) is 0 Å². The third-order valence-electron chi connectivity index (χ3n) is 2.30. The van der Waals surface area contributed by atoms with E-state index in [0.717, 1.165) is 12.8 Å². The standard InChI is InChI=1S/C18H25NO/c1-2-3-4-5-6-7-8-9-10-11-12-13-14-15-16-17-18(19)20/h4-5,8-17H,2-3,6-7H2,1H3,(H2,19,20). The van der Waals surface area contributed by atoms with Crippen LogP contribution in [0.25, 0.3) is 0 Å². The number of rotatable bonds is 10. The predicted molar refractivity (Wildman–Crippen MR) is 88.2 cm³/mol. The highest BCUT2D eigenvalue weighted by molar-refractivity contribution is 5.85. The van der Waals surface area contributed by atoms with Gasteiger partial charge in [0.1, 0.15) is 0 Å². The fraction of sp³-hybridized carbons (Fsp3) is 0.278. The van der Waals surface area contributed by atoms with Crippen molar-refractivity contribution in [3.63, 3.8) is 0 Å². The first kappa shape index (κ1) is 17.9. The quantitative estimate of drug-likeness (QED) is 0.272. The molecule has 0 fully saturated rings. The van der Waals surface area contributed by atoms with Gasteiger partial charge in [-0.1, -0.05) is 80.2 Å². The molecular weight excluding hydrogens is 246 g/mol. The highest BCUT2D eigenvalue weighted by Crippen LogP contribution is 1.96. The molecule has 2 N–H and O–H groups in total. The van der Waals surface area contributed by atoms with Crippen LogP contribution in [0.15, 0.2) is 72.9 Å². The summed E-state index contributed by atoms with van der Waals surface area (Å²) in [4.78, 5) is 10.4. The Morgan fingerprint density at radius 1 is 0.750 bits per heavy atom. The minimum Gasteiger partial charge on any atom is -0.366 e. The number of hydrogen-bond acceptors (Lipinski definition) is 1. The number of amides is 1. The van der Waals surface area contributed by atoms with Crippen LogP contribution in [-0.4, -0.2) is 5.91 Å². The van der Waals surface area contributed by atoms with Gasteiger partial charge < -0.3 is 5.73 Å². The largest absolute Gasteiger partial charge is 0.366 e. The minimum absolute atomic E-state index is 0.437. The number of carbonyl (C=O) groups excluding carboxylic acids is 1. The molecule has 20 heavy (non-hydrogen) atoms. The number of nitrogens with two attached hydrogens (primary N) is 1. The van der Waals surface area contributed by atoms with Gasteiger partial charge in [-0.2, -0.15) is 0 Å². The Hall–Kier alpha value is -2.09. The lowest BCUT2D eigenvalue weighted by atomic mass is 10.2. The summed E-state index contributed by atoms with van der Waals surface area (Å²) >= 11 is 0. The van der Waals surface area contributed by atoms with Crippen molar-refractivity contribution >= 4 is 5.91 Å². The number of unbranched alkanes of at least 4 members (excludes halogenated alkanes) is 2. The summed E-state index contributed by atoms with van der Waals surface area (Å²) in [6.45, 7) is 2.19. The molecule has 0 unspecified atom stereocenters. The van der Waals surface area contributed by atoms with Crippen molar-refractivity contribution in [1.82, 2.24) is 0 Å². The molecule has 0 bridgehead atoms. The SMILES string of the molecule is CCCC=CCCC=CC=CC=CC=CC=CC(N)=O. The molecular formula is C18H25NO. The molecule has 0 aliphatic rings.